The smallest absolute Gasteiger partial charge is 0.340 e. The fourth-order valence-electron chi connectivity index (χ4n) is 15.3. The normalized spacial score (nSPS) is 19.9. The fourth-order valence-corrected chi connectivity index (χ4v) is 15.5. The number of aliphatic carboxylic acids is 3. The first kappa shape index (κ1) is 86.2. The maximum Gasteiger partial charge on any atom is 0.340 e. The Balaban J connectivity index is 0.736. The van der Waals surface area contributed by atoms with Crippen molar-refractivity contribution in [3.8, 4) is 23.0 Å². The van der Waals surface area contributed by atoms with Crippen LogP contribution in [0.3, 0.4) is 0 Å². The molecule has 4 saturated heterocycles. The van der Waals surface area contributed by atoms with Crippen LogP contribution in [0.4, 0.5) is 11.4 Å². The van der Waals surface area contributed by atoms with Gasteiger partial charge in [-0.2, -0.15) is 0 Å². The number of esters is 1. The molecule has 116 heavy (non-hydrogen) atoms. The number of phenols is 2. The van der Waals surface area contributed by atoms with Crippen molar-refractivity contribution in [3.63, 3.8) is 0 Å². The van der Waals surface area contributed by atoms with Gasteiger partial charge in [0, 0.05) is 113 Å². The van der Waals surface area contributed by atoms with Crippen molar-refractivity contribution in [1.82, 2.24) is 51.5 Å². The summed E-state index contributed by atoms with van der Waals surface area (Å²) in [5.74, 6) is -13.0. The number of nitrogens with zero attached hydrogens (tertiary/aromatic N) is 6. The van der Waals surface area contributed by atoms with Crippen LogP contribution in [-0.4, -0.2) is 258 Å². The highest BCUT2D eigenvalue weighted by atomic mass is 32.1. The molecular weight excluding hydrogens is 1530 g/mol. The van der Waals surface area contributed by atoms with Crippen LogP contribution in [0.5, 0.6) is 23.0 Å². The number of primary amides is 1. The van der Waals surface area contributed by atoms with Crippen molar-refractivity contribution < 1.29 is 112 Å². The summed E-state index contributed by atoms with van der Waals surface area (Å²) in [4.78, 5) is 203. The van der Waals surface area contributed by atoms with Crippen molar-refractivity contribution in [3.05, 3.63) is 107 Å². The molecule has 10 rings (SSSR count). The Morgan fingerprint density at radius 1 is 0.629 bits per heavy atom. The number of nitrogens with two attached hydrogens (primary N) is 1. The van der Waals surface area contributed by atoms with Crippen molar-refractivity contribution in [2.24, 2.45) is 10.9 Å². The number of piperidine rings is 1. The number of phenolic OH excluding ortho intramolecular Hbond substituents is 2. The molecule has 4 fully saturated rings. The van der Waals surface area contributed by atoms with Gasteiger partial charge in [0.15, 0.2) is 10.7 Å². The van der Waals surface area contributed by atoms with Crippen LogP contribution in [0.2, 0.25) is 0 Å². The second kappa shape index (κ2) is 38.3. The number of hydrogen-bond acceptors (Lipinski definition) is 23. The number of thiocarbonyl (C=S) groups is 1. The number of unbranched alkanes of at least 4 members (excludes halogenated alkanes) is 1. The zero-order valence-corrected chi connectivity index (χ0v) is 65.1. The number of aromatic hydroxyl groups is 2. The third-order valence-corrected chi connectivity index (χ3v) is 21.5. The maximum absolute atomic E-state index is 15.1. The molecule has 37 nitrogen and oxygen atoms in total. The number of aliphatic hydroxyl groups is 1. The maximum atomic E-state index is 15.1. The van der Waals surface area contributed by atoms with E-state index < -0.39 is 188 Å². The number of anilines is 2. The molecule has 4 aromatic carbocycles. The van der Waals surface area contributed by atoms with Crippen molar-refractivity contribution >= 4 is 118 Å². The van der Waals surface area contributed by atoms with Gasteiger partial charge >= 0.3 is 23.9 Å². The molecule has 4 aromatic rings. The number of amides is 10. The molecular formula is C78H96N14O23S. The number of aliphatic hydroxyl groups excluding tert-OH is 1. The van der Waals surface area contributed by atoms with E-state index in [1.165, 1.54) is 54.1 Å². The lowest BCUT2D eigenvalue weighted by atomic mass is 9.77. The van der Waals surface area contributed by atoms with E-state index in [0.717, 1.165) is 15.5 Å². The standard InChI is InChI=1S/C78H96N14O23S/c1-41(73(109)91-32-8-6-11-58(91)75(111)92-40-48(115-81-39-43-15-18-45(19-16-43)88(3)4)38-59(92)71(107)85-54(26-29-64(99)100)68(104)84-53(67(79)103)25-28-63(97)98)82-72(108)66(42(2)93)87-70(106)57-13-10-34-90(57)74(110)55(27-30-65(101)102)86-69(105)56-12-9-33-89(56)62(96)14-5-7-31-80-77(116)83-44-17-22-49-52(35-44)78(114-76(49)112)50-23-20-46(94)36-60(50)113-61-37-47(95)21-24-51(61)78/h15-24,35-37,39,41-42,48,53-59,66,93-95H,5-14,25-34,38,40H2,1-4H3,(H2,79,103)(H,82,108)(H,84,104)(H,85,107)(H,86,105)(H,87,106)(H,97,98)(H,99,100)(H,101,102)(H2,80,83,116)/b81-39-/t41-,42+,48-,53-,54-,55-,56-,57-,58?,59-,66-/m0/s1. The number of rotatable bonds is 34. The predicted molar refractivity (Wildman–Crippen MR) is 415 cm³/mol. The first-order valence-electron chi connectivity index (χ1n) is 38.3. The second-order valence-corrected chi connectivity index (χ2v) is 30.0. The lowest BCUT2D eigenvalue weighted by molar-refractivity contribution is -0.151. The summed E-state index contributed by atoms with van der Waals surface area (Å²) in [6.45, 7) is 2.65. The molecule has 38 heteroatoms. The Hall–Kier alpha value is -12.2. The Bertz CT molecular complexity index is 4430. The summed E-state index contributed by atoms with van der Waals surface area (Å²) in [6.07, 6.45) is -2.09. The molecule has 0 aromatic heterocycles. The number of hydrogen-bond donors (Lipinski definition) is 14. The molecule has 0 saturated carbocycles. The second-order valence-electron chi connectivity index (χ2n) is 29.6. The molecule has 6 aliphatic heterocycles. The molecule has 15 N–H and O–H groups in total. The Kier molecular flexibility index (Phi) is 28.4. The van der Waals surface area contributed by atoms with E-state index in [4.69, 9.17) is 32.3 Å². The summed E-state index contributed by atoms with van der Waals surface area (Å²) in [7, 11) is 3.73. The van der Waals surface area contributed by atoms with E-state index in [0.29, 0.717) is 66.6 Å². The van der Waals surface area contributed by atoms with Gasteiger partial charge in [0.2, 0.25) is 59.1 Å². The number of likely N-dealkylation sites (tertiary alicyclic amines) is 4. The first-order chi connectivity index (χ1) is 55.2. The third kappa shape index (κ3) is 20.6. The number of ether oxygens (including phenoxy) is 2. The molecule has 1 unspecified atom stereocenters. The van der Waals surface area contributed by atoms with Gasteiger partial charge in [-0.15, -0.1) is 0 Å². The number of benzene rings is 4. The number of oxime groups is 1. The SMILES string of the molecule is C[C@H](NC(=O)[C@@H](NC(=O)[C@@H]1CCCN1C(=O)[C@H](CCC(=O)O)NC(=O)[C@@H]1CCCN1C(=O)CCCCNC(=S)Nc1ccc2c(c1)C1(OC2=O)c2ccc(O)cc2Oc2cc(O)ccc21)[C@@H](C)O)C(=O)N1CCCCC1C(=O)N1C[C@@H](O/N=C\c2ccc(N(C)C)cc2)C[C@H]1C(=O)N[C@@H](CCC(=O)O)C(=O)N[C@@H](CCC(=O)O)C(N)=O. The Morgan fingerprint density at radius 3 is 1.82 bits per heavy atom. The highest BCUT2D eigenvalue weighted by Crippen LogP contribution is 2.57. The summed E-state index contributed by atoms with van der Waals surface area (Å²) in [5, 5.41) is 83.4. The molecule has 11 atom stereocenters. The highest BCUT2D eigenvalue weighted by molar-refractivity contribution is 7.80. The molecule has 6 heterocycles. The van der Waals surface area contributed by atoms with E-state index in [1.54, 1.807) is 42.5 Å². The molecule has 1 spiro atoms. The topological polar surface area (TPSA) is 527 Å². The lowest BCUT2D eigenvalue weighted by Crippen LogP contribution is -2.62. The molecule has 0 aliphatic carbocycles. The third-order valence-electron chi connectivity index (χ3n) is 21.2. The number of fused-ring (bicyclic) bond motifs is 6. The van der Waals surface area contributed by atoms with Gasteiger partial charge in [-0.1, -0.05) is 17.3 Å². The van der Waals surface area contributed by atoms with E-state index in [1.807, 2.05) is 31.1 Å². The Labute approximate surface area is 671 Å². The number of carbonyl (C=O) groups excluding carboxylic acids is 11. The van der Waals surface area contributed by atoms with Gasteiger partial charge in [0.05, 0.1) is 24.4 Å². The number of carboxylic acid groups (broad SMARTS) is 3. The van der Waals surface area contributed by atoms with E-state index in [2.05, 4.69) is 42.4 Å². The number of carboxylic acids is 3. The average Bonchev–Trinajstić information content (AvgIpc) is 1.49. The van der Waals surface area contributed by atoms with E-state index >= 15 is 4.79 Å². The van der Waals surface area contributed by atoms with Crippen LogP contribution in [0, 0.1) is 0 Å². The van der Waals surface area contributed by atoms with Crippen molar-refractivity contribution in [2.75, 3.05) is 57.0 Å². The molecule has 6 aliphatic rings. The van der Waals surface area contributed by atoms with Gasteiger partial charge < -0.3 is 112 Å². The van der Waals surface area contributed by atoms with Crippen LogP contribution in [0.1, 0.15) is 156 Å². The van der Waals surface area contributed by atoms with E-state index in [-0.39, 0.29) is 104 Å². The van der Waals surface area contributed by atoms with Crippen LogP contribution < -0.4 is 52.6 Å². The van der Waals surface area contributed by atoms with Crippen LogP contribution in [0.15, 0.2) is 84.0 Å². The Morgan fingerprint density at radius 2 is 1.20 bits per heavy atom. The summed E-state index contributed by atoms with van der Waals surface area (Å²) >= 11 is 5.64. The summed E-state index contributed by atoms with van der Waals surface area (Å²) in [6, 6.07) is 8.00. The molecule has 0 radical (unpaired) electrons. The zero-order chi connectivity index (χ0) is 84.0. The van der Waals surface area contributed by atoms with Gasteiger partial charge in [-0.25, -0.2) is 4.79 Å². The van der Waals surface area contributed by atoms with Gasteiger partial charge in [0.25, 0.3) is 0 Å². The quantitative estimate of drug-likeness (QED) is 0.0104. The van der Waals surface area contributed by atoms with Crippen LogP contribution in [-0.2, 0) is 77.5 Å². The lowest BCUT2D eigenvalue weighted by Gasteiger charge is -2.39. The van der Waals surface area contributed by atoms with Crippen LogP contribution >= 0.6 is 12.2 Å². The fraction of sp³-hybridized carbons (Fsp3) is 0.487. The largest absolute Gasteiger partial charge is 0.508 e. The number of carbonyl (C=O) groups is 14. The first-order valence-corrected chi connectivity index (χ1v) is 38.7. The van der Waals surface area contributed by atoms with Gasteiger partial charge in [-0.3, -0.25) is 62.3 Å². The molecule has 622 valence electrons. The minimum Gasteiger partial charge on any atom is -0.508 e. The summed E-state index contributed by atoms with van der Waals surface area (Å²) < 4.78 is 12.2. The van der Waals surface area contributed by atoms with Crippen LogP contribution in [0.25, 0.3) is 0 Å². The highest BCUT2D eigenvalue weighted by Gasteiger charge is 2.55. The van der Waals surface area contributed by atoms with Gasteiger partial charge in [0.1, 0.15) is 83.5 Å². The molecule has 0 bridgehead atoms. The molecule has 10 amide bonds. The minimum atomic E-state index is -1.77. The predicted octanol–water partition coefficient (Wildman–Crippen LogP) is 1.48. The summed E-state index contributed by atoms with van der Waals surface area (Å²) in [5.41, 5.74) is 7.55. The average molecular weight is 1630 g/mol. The van der Waals surface area contributed by atoms with Gasteiger partial charge in [-0.05, 0) is 163 Å². The zero-order valence-electron chi connectivity index (χ0n) is 64.3. The monoisotopic (exact) mass is 1630 g/mol. The van der Waals surface area contributed by atoms with Crippen molar-refractivity contribution in [2.45, 2.75) is 195 Å². The minimum absolute atomic E-state index is 0.0218. The van der Waals surface area contributed by atoms with E-state index in [9.17, 15) is 93.0 Å². The van der Waals surface area contributed by atoms with Crippen molar-refractivity contribution in [1.29, 1.82) is 0 Å². The number of nitrogens with one attached hydrogen (secondary N) is 7.